The molecule has 0 aliphatic carbocycles. The maximum atomic E-state index is 14.8. The fraction of sp³-hybridized carbons (Fsp3) is 0.375. The van der Waals surface area contributed by atoms with Gasteiger partial charge in [0.15, 0.2) is 11.6 Å². The van der Waals surface area contributed by atoms with Gasteiger partial charge < -0.3 is 20.7 Å². The van der Waals surface area contributed by atoms with E-state index in [-0.39, 0.29) is 28.0 Å². The molecule has 1 fully saturated rings. The second-order valence-corrected chi connectivity index (χ2v) is 6.54. The highest BCUT2D eigenvalue weighted by Gasteiger charge is 2.33. The summed E-state index contributed by atoms with van der Waals surface area (Å²) in [6.45, 7) is 1.97. The van der Waals surface area contributed by atoms with Gasteiger partial charge in [0.05, 0.1) is 10.5 Å². The number of halogens is 3. The number of piperidine rings is 1. The topological polar surface area (TPSA) is 99.4 Å². The summed E-state index contributed by atoms with van der Waals surface area (Å²) in [6.07, 6.45) is -0.129. The van der Waals surface area contributed by atoms with E-state index in [9.17, 15) is 23.5 Å². The van der Waals surface area contributed by atoms with Crippen molar-refractivity contribution in [2.45, 2.75) is 25.7 Å². The summed E-state index contributed by atoms with van der Waals surface area (Å²) < 4.78 is 29.4. The number of benzene rings is 1. The van der Waals surface area contributed by atoms with E-state index in [1.54, 1.807) is 6.92 Å². The van der Waals surface area contributed by atoms with Gasteiger partial charge in [-0.05, 0) is 19.8 Å². The number of aromatic nitrogens is 1. The molecule has 1 aromatic heterocycles. The molecule has 0 spiro atoms. The Morgan fingerprint density at radius 3 is 2.64 bits per heavy atom. The van der Waals surface area contributed by atoms with Gasteiger partial charge in [0.2, 0.25) is 0 Å². The molecule has 0 bridgehead atoms. The van der Waals surface area contributed by atoms with Gasteiger partial charge in [-0.25, -0.2) is 13.6 Å². The molecule has 4 N–H and O–H groups in total. The highest BCUT2D eigenvalue weighted by molar-refractivity contribution is 6.37. The van der Waals surface area contributed by atoms with Crippen LogP contribution in [0.5, 0.6) is 0 Å². The molecular weight excluding hydrogens is 356 g/mol. The summed E-state index contributed by atoms with van der Waals surface area (Å²) in [4.78, 5) is 26.8. The Bertz CT molecular complexity index is 897. The minimum atomic E-state index is -1.35. The predicted octanol–water partition coefficient (Wildman–Crippen LogP) is 3.36. The van der Waals surface area contributed by atoms with E-state index in [2.05, 4.69) is 4.98 Å². The summed E-state index contributed by atoms with van der Waals surface area (Å²) in [5, 5.41) is 9.53. The van der Waals surface area contributed by atoms with E-state index < -0.39 is 35.1 Å². The smallest absolute Gasteiger partial charge is 0.407 e. The van der Waals surface area contributed by atoms with Crippen molar-refractivity contribution in [3.63, 3.8) is 0 Å². The van der Waals surface area contributed by atoms with E-state index in [4.69, 9.17) is 17.3 Å². The lowest BCUT2D eigenvalue weighted by molar-refractivity contribution is 0.0997. The normalized spacial score (nSPS) is 17.9. The third-order valence-electron chi connectivity index (χ3n) is 4.63. The quantitative estimate of drug-likeness (QED) is 0.754. The number of hydrogen-bond donors (Lipinski definition) is 3. The van der Waals surface area contributed by atoms with E-state index in [0.29, 0.717) is 25.1 Å². The Morgan fingerprint density at radius 2 is 2.04 bits per heavy atom. The second kappa shape index (κ2) is 6.18. The lowest BCUT2D eigenvalue weighted by atomic mass is 9.87. The zero-order chi connectivity index (χ0) is 18.5. The first-order chi connectivity index (χ1) is 11.7. The van der Waals surface area contributed by atoms with Gasteiger partial charge in [-0.2, -0.15) is 0 Å². The van der Waals surface area contributed by atoms with Crippen LogP contribution in [0.1, 0.15) is 40.4 Å². The fourth-order valence-electron chi connectivity index (χ4n) is 3.49. The van der Waals surface area contributed by atoms with Crippen molar-refractivity contribution in [3.05, 3.63) is 33.5 Å². The molecule has 6 nitrogen and oxygen atoms in total. The van der Waals surface area contributed by atoms with E-state index in [0.717, 1.165) is 4.90 Å². The van der Waals surface area contributed by atoms with Gasteiger partial charge in [0.1, 0.15) is 5.56 Å². The largest absolute Gasteiger partial charge is 0.465 e. The monoisotopic (exact) mass is 371 g/mol. The molecular formula is C16H16ClF2N3O3. The molecule has 1 aromatic carbocycles. The first kappa shape index (κ1) is 17.5. The Morgan fingerprint density at radius 1 is 1.36 bits per heavy atom. The summed E-state index contributed by atoms with van der Waals surface area (Å²) in [5.74, 6) is -4.24. The number of H-pyrrole nitrogens is 1. The zero-order valence-corrected chi connectivity index (χ0v) is 14.1. The average molecular weight is 372 g/mol. The first-order valence-corrected chi connectivity index (χ1v) is 8.08. The standard InChI is InChI=1S/C16H16ClF2N3O3/c1-6-11(17)9-8(7-3-2-4-22(5-7)16(24)25)12(18)13(19)10(15(20)23)14(9)21-6/h7,21H,2-5H2,1H3,(H2,20,23)(H,24,25). The fourth-order valence-corrected chi connectivity index (χ4v) is 3.73. The third kappa shape index (κ3) is 2.70. The van der Waals surface area contributed by atoms with Crippen LogP contribution < -0.4 is 5.73 Å². The van der Waals surface area contributed by atoms with Gasteiger partial charge in [-0.3, -0.25) is 4.79 Å². The molecule has 1 unspecified atom stereocenters. The number of aryl methyl sites for hydroxylation is 1. The van der Waals surface area contributed by atoms with Gasteiger partial charge >= 0.3 is 6.09 Å². The summed E-state index contributed by atoms with van der Waals surface area (Å²) in [7, 11) is 0. The van der Waals surface area contributed by atoms with E-state index in [1.165, 1.54) is 0 Å². The van der Waals surface area contributed by atoms with Crippen LogP contribution in [-0.4, -0.2) is 40.1 Å². The lowest BCUT2D eigenvalue weighted by Gasteiger charge is -2.31. The number of primary amides is 1. The lowest BCUT2D eigenvalue weighted by Crippen LogP contribution is -2.38. The van der Waals surface area contributed by atoms with E-state index >= 15 is 0 Å². The van der Waals surface area contributed by atoms with Gasteiger partial charge in [0, 0.05) is 35.7 Å². The SMILES string of the molecule is Cc1[nH]c2c(C(N)=O)c(F)c(F)c(C3CCCN(C(=O)O)C3)c2c1Cl. The number of likely N-dealkylation sites (tertiary alicyclic amines) is 1. The number of fused-ring (bicyclic) bond motifs is 1. The Balaban J connectivity index is 2.28. The number of carboxylic acid groups (broad SMARTS) is 1. The number of carbonyl (C=O) groups excluding carboxylic acids is 1. The average Bonchev–Trinajstić information content (AvgIpc) is 2.83. The summed E-state index contributed by atoms with van der Waals surface area (Å²) in [5.41, 5.74) is 5.08. The van der Waals surface area contributed by atoms with Crippen molar-refractivity contribution >= 4 is 34.5 Å². The van der Waals surface area contributed by atoms with Crippen LogP contribution in [0.3, 0.4) is 0 Å². The number of hydrogen-bond acceptors (Lipinski definition) is 2. The molecule has 1 atom stereocenters. The number of carbonyl (C=O) groups is 2. The van der Waals surface area contributed by atoms with Crippen LogP contribution >= 0.6 is 11.6 Å². The number of amides is 2. The second-order valence-electron chi connectivity index (χ2n) is 6.16. The molecule has 0 saturated carbocycles. The number of nitrogens with two attached hydrogens (primary N) is 1. The van der Waals surface area contributed by atoms with Gasteiger partial charge in [0.25, 0.3) is 5.91 Å². The van der Waals surface area contributed by atoms with Crippen molar-refractivity contribution in [1.29, 1.82) is 0 Å². The van der Waals surface area contributed by atoms with Crippen LogP contribution in [0.15, 0.2) is 0 Å². The Labute approximate surface area is 146 Å². The summed E-state index contributed by atoms with van der Waals surface area (Å²) in [6, 6.07) is 0. The van der Waals surface area contributed by atoms with Crippen LogP contribution in [-0.2, 0) is 0 Å². The molecule has 2 heterocycles. The van der Waals surface area contributed by atoms with Gasteiger partial charge in [-0.1, -0.05) is 11.6 Å². The minimum Gasteiger partial charge on any atom is -0.465 e. The van der Waals surface area contributed by atoms with Crippen molar-refractivity contribution < 1.29 is 23.5 Å². The molecule has 1 aliphatic rings. The number of aromatic amines is 1. The molecule has 3 rings (SSSR count). The molecule has 2 aromatic rings. The van der Waals surface area contributed by atoms with Crippen LogP contribution in [0.25, 0.3) is 10.9 Å². The molecule has 134 valence electrons. The molecule has 9 heteroatoms. The van der Waals surface area contributed by atoms with Crippen LogP contribution in [0, 0.1) is 18.6 Å². The van der Waals surface area contributed by atoms with Crippen LogP contribution in [0.2, 0.25) is 5.02 Å². The van der Waals surface area contributed by atoms with Crippen LogP contribution in [0.4, 0.5) is 13.6 Å². The minimum absolute atomic E-state index is 0.0159. The predicted molar refractivity (Wildman–Crippen MR) is 88.1 cm³/mol. The maximum absolute atomic E-state index is 14.8. The van der Waals surface area contributed by atoms with Gasteiger partial charge in [-0.15, -0.1) is 0 Å². The number of nitrogens with zero attached hydrogens (tertiary/aromatic N) is 1. The van der Waals surface area contributed by atoms with Crippen molar-refractivity contribution in [2.24, 2.45) is 5.73 Å². The molecule has 2 amide bonds. The van der Waals surface area contributed by atoms with Crippen molar-refractivity contribution in [3.8, 4) is 0 Å². The first-order valence-electron chi connectivity index (χ1n) is 7.70. The number of nitrogens with one attached hydrogen (secondary N) is 1. The van der Waals surface area contributed by atoms with E-state index in [1.807, 2.05) is 0 Å². The molecule has 1 aliphatic heterocycles. The van der Waals surface area contributed by atoms with Crippen molar-refractivity contribution in [1.82, 2.24) is 9.88 Å². The maximum Gasteiger partial charge on any atom is 0.407 e. The highest BCUT2D eigenvalue weighted by Crippen LogP contribution is 2.41. The highest BCUT2D eigenvalue weighted by atomic mass is 35.5. The number of rotatable bonds is 2. The Hall–Kier alpha value is -2.35. The molecule has 1 saturated heterocycles. The van der Waals surface area contributed by atoms with Crippen molar-refractivity contribution in [2.75, 3.05) is 13.1 Å². The zero-order valence-electron chi connectivity index (χ0n) is 13.3. The molecule has 25 heavy (non-hydrogen) atoms. The summed E-state index contributed by atoms with van der Waals surface area (Å²) >= 11 is 6.26. The Kier molecular flexibility index (Phi) is 4.32. The molecule has 0 radical (unpaired) electrons. The third-order valence-corrected chi connectivity index (χ3v) is 5.10.